The second kappa shape index (κ2) is 6.12. The van der Waals surface area contributed by atoms with Crippen LogP contribution in [0.1, 0.15) is 24.2 Å². The zero-order chi connectivity index (χ0) is 15.5. The minimum atomic E-state index is -0.00366. The van der Waals surface area contributed by atoms with E-state index in [0.29, 0.717) is 24.1 Å². The summed E-state index contributed by atoms with van der Waals surface area (Å²) in [5, 5.41) is 12.6. The lowest BCUT2D eigenvalue weighted by Gasteiger charge is -2.21. The molecule has 0 spiro atoms. The van der Waals surface area contributed by atoms with Crippen molar-refractivity contribution in [1.29, 1.82) is 5.26 Å². The highest BCUT2D eigenvalue weighted by Gasteiger charge is 2.15. The van der Waals surface area contributed by atoms with Gasteiger partial charge in [0.1, 0.15) is 25.1 Å². The summed E-state index contributed by atoms with van der Waals surface area (Å²) in [5.41, 5.74) is 1.25. The molecule has 1 N–H and O–H groups in total. The summed E-state index contributed by atoms with van der Waals surface area (Å²) < 4.78 is 11.1. The summed E-state index contributed by atoms with van der Waals surface area (Å²) in [6.07, 6.45) is 0. The first-order valence-electron chi connectivity index (χ1n) is 6.90. The Bertz CT molecular complexity index is 743. The van der Waals surface area contributed by atoms with Gasteiger partial charge in [0.05, 0.1) is 11.1 Å². The molecule has 1 aliphatic heterocycles. The molecule has 1 aliphatic rings. The van der Waals surface area contributed by atoms with E-state index in [9.17, 15) is 0 Å². The van der Waals surface area contributed by atoms with E-state index in [2.05, 4.69) is 10.3 Å². The third kappa shape index (κ3) is 2.92. The van der Waals surface area contributed by atoms with Gasteiger partial charge in [0.15, 0.2) is 17.2 Å². The predicted octanol–water partition coefficient (Wildman–Crippen LogP) is 3.55. The Morgan fingerprint density at radius 3 is 2.77 bits per heavy atom. The van der Waals surface area contributed by atoms with Gasteiger partial charge in [0.2, 0.25) is 0 Å². The topological polar surface area (TPSA) is 67.2 Å². The van der Waals surface area contributed by atoms with Gasteiger partial charge in [-0.1, -0.05) is 17.7 Å². The van der Waals surface area contributed by atoms with Crippen molar-refractivity contribution < 1.29 is 9.47 Å². The molecule has 1 aromatic heterocycles. The van der Waals surface area contributed by atoms with Crippen LogP contribution in [0.4, 0.5) is 5.82 Å². The minimum absolute atomic E-state index is 0.00366. The van der Waals surface area contributed by atoms with Gasteiger partial charge in [-0.2, -0.15) is 5.26 Å². The van der Waals surface area contributed by atoms with Gasteiger partial charge >= 0.3 is 0 Å². The minimum Gasteiger partial charge on any atom is -0.486 e. The number of nitriles is 1. The van der Waals surface area contributed by atoms with Crippen molar-refractivity contribution in [2.45, 2.75) is 13.0 Å². The van der Waals surface area contributed by atoms with Crippen LogP contribution in [0, 0.1) is 11.3 Å². The Kier molecular flexibility index (Phi) is 4.03. The molecule has 0 saturated carbocycles. The van der Waals surface area contributed by atoms with Crippen LogP contribution in [0.15, 0.2) is 30.3 Å². The Balaban J connectivity index is 1.80. The maximum absolute atomic E-state index is 8.97. The highest BCUT2D eigenvalue weighted by atomic mass is 35.5. The van der Waals surface area contributed by atoms with Crippen molar-refractivity contribution in [3.63, 3.8) is 0 Å². The smallest absolute Gasteiger partial charge is 0.161 e. The van der Waals surface area contributed by atoms with Gasteiger partial charge < -0.3 is 14.8 Å². The number of anilines is 1. The summed E-state index contributed by atoms with van der Waals surface area (Å²) >= 11 is 5.89. The molecule has 1 aromatic carbocycles. The Morgan fingerprint density at radius 1 is 1.23 bits per heavy atom. The summed E-state index contributed by atoms with van der Waals surface area (Å²) in [6.45, 7) is 3.14. The Labute approximate surface area is 133 Å². The summed E-state index contributed by atoms with van der Waals surface area (Å²) in [5.74, 6) is 2.11. The molecule has 3 rings (SSSR count). The molecule has 2 heterocycles. The van der Waals surface area contributed by atoms with Crippen molar-refractivity contribution in [3.8, 4) is 17.6 Å². The average Bonchev–Trinajstić information content (AvgIpc) is 2.56. The molecule has 2 aromatic rings. The zero-order valence-electron chi connectivity index (χ0n) is 12.0. The van der Waals surface area contributed by atoms with E-state index < -0.39 is 0 Å². The van der Waals surface area contributed by atoms with Crippen LogP contribution in [0.2, 0.25) is 5.02 Å². The van der Waals surface area contributed by atoms with E-state index in [0.717, 1.165) is 17.1 Å². The van der Waals surface area contributed by atoms with Gasteiger partial charge in [0.25, 0.3) is 0 Å². The molecule has 0 fully saturated rings. The molecule has 0 amide bonds. The Hall–Kier alpha value is -2.45. The van der Waals surface area contributed by atoms with Gasteiger partial charge in [-0.25, -0.2) is 4.98 Å². The molecular formula is C16H14ClN3O2. The molecule has 112 valence electrons. The molecule has 0 saturated heterocycles. The highest BCUT2D eigenvalue weighted by molar-refractivity contribution is 6.31. The first-order valence-corrected chi connectivity index (χ1v) is 7.28. The van der Waals surface area contributed by atoms with Crippen LogP contribution < -0.4 is 14.8 Å². The second-order valence-electron chi connectivity index (χ2n) is 4.91. The van der Waals surface area contributed by atoms with Crippen LogP contribution in [0.5, 0.6) is 11.5 Å². The average molecular weight is 316 g/mol. The zero-order valence-corrected chi connectivity index (χ0v) is 12.7. The summed E-state index contributed by atoms with van der Waals surface area (Å²) in [4.78, 5) is 4.18. The largest absolute Gasteiger partial charge is 0.486 e. The lowest BCUT2D eigenvalue weighted by Crippen LogP contribution is -2.16. The Morgan fingerprint density at radius 2 is 2.00 bits per heavy atom. The van der Waals surface area contributed by atoms with Crippen LogP contribution in [0.3, 0.4) is 0 Å². The normalized spacial score (nSPS) is 14.0. The quantitative estimate of drug-likeness (QED) is 0.938. The third-order valence-corrected chi connectivity index (χ3v) is 3.69. The SMILES string of the molecule is CC(Nc1ccc(Cl)c(C#N)n1)c1ccc2c(c1)OCCO2. The fourth-order valence-electron chi connectivity index (χ4n) is 2.24. The van der Waals surface area contributed by atoms with Crippen molar-refractivity contribution >= 4 is 17.4 Å². The highest BCUT2D eigenvalue weighted by Crippen LogP contribution is 2.33. The van der Waals surface area contributed by atoms with Crippen molar-refractivity contribution in [2.75, 3.05) is 18.5 Å². The van der Waals surface area contributed by atoms with E-state index in [1.54, 1.807) is 12.1 Å². The van der Waals surface area contributed by atoms with Gasteiger partial charge in [-0.3, -0.25) is 0 Å². The number of hydrogen-bond acceptors (Lipinski definition) is 5. The standard InChI is InChI=1S/C16H14ClN3O2/c1-10(19-16-5-3-12(17)13(9-18)20-16)11-2-4-14-15(8-11)22-7-6-21-14/h2-5,8,10H,6-7H2,1H3,(H,19,20). The van der Waals surface area contributed by atoms with Gasteiger partial charge in [0, 0.05) is 0 Å². The fraction of sp³-hybridized carbons (Fsp3) is 0.250. The number of halogens is 1. The van der Waals surface area contributed by atoms with E-state index >= 15 is 0 Å². The molecule has 0 radical (unpaired) electrons. The molecule has 6 heteroatoms. The number of benzene rings is 1. The van der Waals surface area contributed by atoms with Gasteiger partial charge in [-0.15, -0.1) is 0 Å². The van der Waals surface area contributed by atoms with E-state index in [4.69, 9.17) is 26.3 Å². The number of hydrogen-bond donors (Lipinski definition) is 1. The van der Waals surface area contributed by atoms with Crippen LogP contribution >= 0.6 is 11.6 Å². The number of ether oxygens (including phenoxy) is 2. The van der Waals surface area contributed by atoms with Gasteiger partial charge in [-0.05, 0) is 36.8 Å². The van der Waals surface area contributed by atoms with Crippen LogP contribution in [-0.2, 0) is 0 Å². The first-order chi connectivity index (χ1) is 10.7. The maximum atomic E-state index is 8.97. The molecule has 1 atom stereocenters. The second-order valence-corrected chi connectivity index (χ2v) is 5.32. The number of nitrogens with one attached hydrogen (secondary N) is 1. The maximum Gasteiger partial charge on any atom is 0.161 e. The molecule has 5 nitrogen and oxygen atoms in total. The van der Waals surface area contributed by atoms with Crippen molar-refractivity contribution in [2.24, 2.45) is 0 Å². The molecular weight excluding hydrogens is 302 g/mol. The molecule has 1 unspecified atom stereocenters. The number of nitrogens with zero attached hydrogens (tertiary/aromatic N) is 2. The number of pyridine rings is 1. The van der Waals surface area contributed by atoms with Crippen molar-refractivity contribution in [3.05, 3.63) is 46.6 Å². The van der Waals surface area contributed by atoms with Crippen LogP contribution in [-0.4, -0.2) is 18.2 Å². The molecule has 22 heavy (non-hydrogen) atoms. The van der Waals surface area contributed by atoms with E-state index in [1.807, 2.05) is 31.2 Å². The number of fused-ring (bicyclic) bond motifs is 1. The third-order valence-electron chi connectivity index (χ3n) is 3.38. The lowest BCUT2D eigenvalue weighted by atomic mass is 10.1. The van der Waals surface area contributed by atoms with Crippen molar-refractivity contribution in [1.82, 2.24) is 4.98 Å². The fourth-order valence-corrected chi connectivity index (χ4v) is 2.38. The van der Waals surface area contributed by atoms with E-state index in [1.165, 1.54) is 0 Å². The number of aromatic nitrogens is 1. The predicted molar refractivity (Wildman–Crippen MR) is 83.4 cm³/mol. The van der Waals surface area contributed by atoms with Crippen LogP contribution in [0.25, 0.3) is 0 Å². The summed E-state index contributed by atoms with van der Waals surface area (Å²) in [7, 11) is 0. The summed E-state index contributed by atoms with van der Waals surface area (Å²) in [6, 6.07) is 11.2. The lowest BCUT2D eigenvalue weighted by molar-refractivity contribution is 0.171. The molecule has 0 aliphatic carbocycles. The molecule has 0 bridgehead atoms. The number of rotatable bonds is 3. The monoisotopic (exact) mass is 315 g/mol. The first kappa shape index (κ1) is 14.5. The van der Waals surface area contributed by atoms with E-state index in [-0.39, 0.29) is 11.7 Å².